The molecule has 4 nitrogen and oxygen atoms in total. The quantitative estimate of drug-likeness (QED) is 0.861. The lowest BCUT2D eigenvalue weighted by Crippen LogP contribution is -2.09. The normalized spacial score (nSPS) is 10.6. The molecule has 18 heavy (non-hydrogen) atoms. The molecular weight excluding hydrogens is 244 g/mol. The van der Waals surface area contributed by atoms with Gasteiger partial charge in [-0.15, -0.1) is 0 Å². The van der Waals surface area contributed by atoms with Gasteiger partial charge in [0.05, 0.1) is 5.69 Å². The van der Waals surface area contributed by atoms with Crippen molar-refractivity contribution < 1.29 is 0 Å². The van der Waals surface area contributed by atoms with Crippen LogP contribution in [-0.2, 0) is 6.42 Å². The SMILES string of the molecule is CCCc1n[nH]c(=S)n1-c1cccc(N(C)C)c1. The molecule has 0 unspecified atom stereocenters. The maximum Gasteiger partial charge on any atom is 0.199 e. The van der Waals surface area contributed by atoms with E-state index >= 15 is 0 Å². The standard InChI is InChI=1S/C13H18N4S/c1-4-6-12-14-15-13(18)17(12)11-8-5-7-10(9-11)16(2)3/h5,7-9H,4,6H2,1-3H3,(H,15,18). The molecular formula is C13H18N4S. The van der Waals surface area contributed by atoms with Gasteiger partial charge in [-0.1, -0.05) is 13.0 Å². The van der Waals surface area contributed by atoms with Crippen LogP contribution in [0.3, 0.4) is 0 Å². The first-order valence-electron chi connectivity index (χ1n) is 6.07. The van der Waals surface area contributed by atoms with E-state index < -0.39 is 0 Å². The number of nitrogens with zero attached hydrogens (tertiary/aromatic N) is 3. The fourth-order valence-corrected chi connectivity index (χ4v) is 2.15. The van der Waals surface area contributed by atoms with Gasteiger partial charge in [-0.2, -0.15) is 5.10 Å². The molecule has 1 aromatic heterocycles. The van der Waals surface area contributed by atoms with E-state index in [4.69, 9.17) is 12.2 Å². The van der Waals surface area contributed by atoms with Gasteiger partial charge in [-0.05, 0) is 36.8 Å². The highest BCUT2D eigenvalue weighted by Gasteiger charge is 2.08. The molecule has 0 spiro atoms. The van der Waals surface area contributed by atoms with Crippen molar-refractivity contribution in [1.29, 1.82) is 0 Å². The summed E-state index contributed by atoms with van der Waals surface area (Å²) in [7, 11) is 4.06. The lowest BCUT2D eigenvalue weighted by Gasteiger charge is -2.14. The van der Waals surface area contributed by atoms with Gasteiger partial charge in [0.25, 0.3) is 0 Å². The van der Waals surface area contributed by atoms with Crippen molar-refractivity contribution in [3.63, 3.8) is 0 Å². The Bertz CT molecular complexity index is 583. The van der Waals surface area contributed by atoms with Crippen molar-refractivity contribution >= 4 is 17.9 Å². The topological polar surface area (TPSA) is 36.9 Å². The number of rotatable bonds is 4. The summed E-state index contributed by atoms with van der Waals surface area (Å²) in [6.45, 7) is 2.14. The third-order valence-electron chi connectivity index (χ3n) is 2.82. The summed E-state index contributed by atoms with van der Waals surface area (Å²) >= 11 is 5.31. The van der Waals surface area contributed by atoms with Crippen LogP contribution < -0.4 is 4.90 Å². The second kappa shape index (κ2) is 5.35. The molecule has 0 fully saturated rings. The lowest BCUT2D eigenvalue weighted by atomic mass is 10.2. The molecule has 0 aliphatic rings. The highest BCUT2D eigenvalue weighted by Crippen LogP contribution is 2.18. The monoisotopic (exact) mass is 262 g/mol. The Balaban J connectivity index is 2.51. The molecule has 0 amide bonds. The fraction of sp³-hybridized carbons (Fsp3) is 0.385. The Kier molecular flexibility index (Phi) is 3.81. The van der Waals surface area contributed by atoms with E-state index in [1.807, 2.05) is 24.7 Å². The van der Waals surface area contributed by atoms with E-state index in [2.05, 4.69) is 40.2 Å². The van der Waals surface area contributed by atoms with Crippen molar-refractivity contribution in [2.75, 3.05) is 19.0 Å². The zero-order chi connectivity index (χ0) is 13.1. The Labute approximate surface area is 112 Å². The van der Waals surface area contributed by atoms with E-state index in [-0.39, 0.29) is 0 Å². The highest BCUT2D eigenvalue weighted by atomic mass is 32.1. The average Bonchev–Trinajstić information content (AvgIpc) is 2.71. The minimum Gasteiger partial charge on any atom is -0.378 e. The number of benzene rings is 1. The second-order valence-corrected chi connectivity index (χ2v) is 4.83. The molecule has 0 bridgehead atoms. The number of aryl methyl sites for hydroxylation is 1. The fourth-order valence-electron chi connectivity index (χ4n) is 1.90. The molecule has 1 aromatic carbocycles. The summed E-state index contributed by atoms with van der Waals surface area (Å²) in [4.78, 5) is 2.08. The van der Waals surface area contributed by atoms with Gasteiger partial charge >= 0.3 is 0 Å². The van der Waals surface area contributed by atoms with Crippen molar-refractivity contribution in [3.05, 3.63) is 34.9 Å². The maximum atomic E-state index is 5.31. The number of anilines is 1. The minimum atomic E-state index is 0.648. The Morgan fingerprint density at radius 2 is 2.17 bits per heavy atom. The van der Waals surface area contributed by atoms with Gasteiger partial charge < -0.3 is 4.90 Å². The van der Waals surface area contributed by atoms with Crippen LogP contribution in [0, 0.1) is 4.77 Å². The predicted molar refractivity (Wildman–Crippen MR) is 77.1 cm³/mol. The molecule has 0 saturated heterocycles. The summed E-state index contributed by atoms with van der Waals surface area (Å²) in [5.74, 6) is 0.985. The first-order valence-corrected chi connectivity index (χ1v) is 6.48. The van der Waals surface area contributed by atoms with Crippen LogP contribution in [0.15, 0.2) is 24.3 Å². The van der Waals surface area contributed by atoms with Gasteiger partial charge in [-0.3, -0.25) is 9.67 Å². The molecule has 0 saturated carbocycles. The predicted octanol–water partition coefficient (Wildman–Crippen LogP) is 2.95. The number of aromatic amines is 1. The third kappa shape index (κ3) is 2.46. The average molecular weight is 262 g/mol. The van der Waals surface area contributed by atoms with E-state index in [9.17, 15) is 0 Å². The molecule has 2 aromatic rings. The Morgan fingerprint density at radius 1 is 1.39 bits per heavy atom. The summed E-state index contributed by atoms with van der Waals surface area (Å²) in [6, 6.07) is 8.28. The summed E-state index contributed by atoms with van der Waals surface area (Å²) in [5, 5.41) is 7.16. The molecule has 0 radical (unpaired) electrons. The minimum absolute atomic E-state index is 0.648. The number of hydrogen-bond acceptors (Lipinski definition) is 3. The van der Waals surface area contributed by atoms with Crippen LogP contribution in [-0.4, -0.2) is 28.9 Å². The first-order chi connectivity index (χ1) is 8.63. The summed E-state index contributed by atoms with van der Waals surface area (Å²) < 4.78 is 2.65. The van der Waals surface area contributed by atoms with Crippen LogP contribution in [0.1, 0.15) is 19.2 Å². The molecule has 96 valence electrons. The molecule has 2 rings (SSSR count). The number of aromatic nitrogens is 3. The summed E-state index contributed by atoms with van der Waals surface area (Å²) in [6.07, 6.45) is 1.96. The van der Waals surface area contributed by atoms with Crippen LogP contribution in [0.2, 0.25) is 0 Å². The molecule has 1 N–H and O–H groups in total. The van der Waals surface area contributed by atoms with Crippen LogP contribution >= 0.6 is 12.2 Å². The molecule has 0 aliphatic carbocycles. The molecule has 0 atom stereocenters. The zero-order valence-electron chi connectivity index (χ0n) is 11.0. The lowest BCUT2D eigenvalue weighted by molar-refractivity contribution is 0.801. The van der Waals surface area contributed by atoms with Gasteiger partial charge in [0.2, 0.25) is 0 Å². The Morgan fingerprint density at radius 3 is 2.83 bits per heavy atom. The van der Waals surface area contributed by atoms with Gasteiger partial charge in [0.1, 0.15) is 5.82 Å². The Hall–Kier alpha value is -1.62. The van der Waals surface area contributed by atoms with Crippen molar-refractivity contribution in [3.8, 4) is 5.69 Å². The first kappa shape index (κ1) is 12.8. The number of nitrogens with one attached hydrogen (secondary N) is 1. The van der Waals surface area contributed by atoms with E-state index in [0.29, 0.717) is 4.77 Å². The molecule has 0 aliphatic heterocycles. The van der Waals surface area contributed by atoms with Gasteiger partial charge in [0.15, 0.2) is 4.77 Å². The maximum absolute atomic E-state index is 5.31. The van der Waals surface area contributed by atoms with Crippen molar-refractivity contribution in [1.82, 2.24) is 14.8 Å². The van der Waals surface area contributed by atoms with E-state index in [1.54, 1.807) is 0 Å². The van der Waals surface area contributed by atoms with Crippen LogP contribution in [0.4, 0.5) is 5.69 Å². The van der Waals surface area contributed by atoms with E-state index in [1.165, 1.54) is 0 Å². The van der Waals surface area contributed by atoms with E-state index in [0.717, 1.165) is 30.0 Å². The highest BCUT2D eigenvalue weighted by molar-refractivity contribution is 7.71. The largest absolute Gasteiger partial charge is 0.378 e. The summed E-state index contributed by atoms with van der Waals surface area (Å²) in [5.41, 5.74) is 2.21. The zero-order valence-corrected chi connectivity index (χ0v) is 11.8. The van der Waals surface area contributed by atoms with Gasteiger partial charge in [0, 0.05) is 26.2 Å². The smallest absolute Gasteiger partial charge is 0.199 e. The molecule has 1 heterocycles. The van der Waals surface area contributed by atoms with Crippen LogP contribution in [0.5, 0.6) is 0 Å². The number of hydrogen-bond donors (Lipinski definition) is 1. The van der Waals surface area contributed by atoms with Crippen molar-refractivity contribution in [2.45, 2.75) is 19.8 Å². The van der Waals surface area contributed by atoms with Crippen LogP contribution in [0.25, 0.3) is 5.69 Å². The second-order valence-electron chi connectivity index (χ2n) is 4.44. The third-order valence-corrected chi connectivity index (χ3v) is 3.09. The van der Waals surface area contributed by atoms with Gasteiger partial charge in [-0.25, -0.2) is 0 Å². The molecule has 5 heteroatoms. The van der Waals surface area contributed by atoms with Crippen molar-refractivity contribution in [2.24, 2.45) is 0 Å². The number of H-pyrrole nitrogens is 1.